The Labute approximate surface area is 186 Å². The summed E-state index contributed by atoms with van der Waals surface area (Å²) in [5.74, 6) is 1.12. The highest BCUT2D eigenvalue weighted by Crippen LogP contribution is 2.16. The average Bonchev–Trinajstić information content (AvgIpc) is 2.82. The van der Waals surface area contributed by atoms with Gasteiger partial charge in [-0.3, -0.25) is 9.69 Å². The van der Waals surface area contributed by atoms with Crippen LogP contribution in [0.5, 0.6) is 5.75 Å². The van der Waals surface area contributed by atoms with Gasteiger partial charge in [-0.05, 0) is 36.1 Å². The predicted molar refractivity (Wildman–Crippen MR) is 122 cm³/mol. The minimum atomic E-state index is 0.0171. The fraction of sp³-hybridized carbons (Fsp3) is 0.480. The van der Waals surface area contributed by atoms with Crippen LogP contribution in [0.4, 0.5) is 0 Å². The van der Waals surface area contributed by atoms with Crippen molar-refractivity contribution in [2.24, 2.45) is 5.92 Å². The predicted octanol–water partition coefficient (Wildman–Crippen LogP) is 3.48. The Hall–Kier alpha value is -2.41. The maximum absolute atomic E-state index is 13.0. The molecule has 1 unspecified atom stereocenters. The van der Waals surface area contributed by atoms with Crippen LogP contribution in [0, 0.1) is 5.92 Å². The van der Waals surface area contributed by atoms with Crippen LogP contribution in [0.1, 0.15) is 30.9 Å². The largest absolute Gasteiger partial charge is 0.497 e. The Morgan fingerprint density at radius 1 is 1.00 bits per heavy atom. The molecule has 1 heterocycles. The van der Waals surface area contributed by atoms with Gasteiger partial charge in [-0.25, -0.2) is 0 Å². The molecule has 0 aliphatic carbocycles. The molecule has 1 saturated heterocycles. The van der Waals surface area contributed by atoms with Gasteiger partial charge in [-0.15, -0.1) is 0 Å². The van der Waals surface area contributed by atoms with Crippen LogP contribution in [0.3, 0.4) is 0 Å². The maximum atomic E-state index is 13.0. The topological polar surface area (TPSA) is 54.0 Å². The zero-order valence-electron chi connectivity index (χ0n) is 18.8. The summed E-state index contributed by atoms with van der Waals surface area (Å²) in [4.78, 5) is 23.0. The Morgan fingerprint density at radius 2 is 1.71 bits per heavy atom. The van der Waals surface area contributed by atoms with Gasteiger partial charge in [0.05, 0.1) is 13.7 Å². The molecular weight excluding hydrogens is 390 g/mol. The second-order valence-corrected chi connectivity index (χ2v) is 8.00. The molecule has 2 aromatic rings. The smallest absolute Gasteiger partial charge is 0.225 e. The van der Waals surface area contributed by atoms with Gasteiger partial charge in [-0.2, -0.15) is 5.48 Å². The van der Waals surface area contributed by atoms with Crippen LogP contribution in [-0.4, -0.2) is 55.6 Å². The average molecular weight is 426 g/mol. The number of amides is 1. The molecule has 0 aromatic heterocycles. The number of methoxy groups -OCH3 is 1. The number of hydrogen-bond acceptors (Lipinski definition) is 5. The van der Waals surface area contributed by atoms with E-state index in [1.54, 1.807) is 7.11 Å². The molecule has 3 rings (SSSR count). The molecule has 1 N–H and O–H groups in total. The van der Waals surface area contributed by atoms with Crippen LogP contribution in [0.2, 0.25) is 0 Å². The number of nitrogens with one attached hydrogen (secondary N) is 1. The summed E-state index contributed by atoms with van der Waals surface area (Å²) in [7, 11) is 1.66. The molecule has 6 nitrogen and oxygen atoms in total. The third-order valence-corrected chi connectivity index (χ3v) is 5.88. The SMILES string of the molecule is CCC(CCONCc1ccc(OC)cc1)C(=O)N1CCN(Cc2ccccc2)CC1. The van der Waals surface area contributed by atoms with Gasteiger partial charge in [-0.1, -0.05) is 49.4 Å². The zero-order chi connectivity index (χ0) is 21.9. The third-order valence-electron chi connectivity index (χ3n) is 5.88. The molecule has 31 heavy (non-hydrogen) atoms. The number of hydroxylamine groups is 1. The normalized spacial score (nSPS) is 15.6. The van der Waals surface area contributed by atoms with Crippen molar-refractivity contribution >= 4 is 5.91 Å². The lowest BCUT2D eigenvalue weighted by molar-refractivity contribution is -0.138. The van der Waals surface area contributed by atoms with E-state index in [-0.39, 0.29) is 11.8 Å². The van der Waals surface area contributed by atoms with E-state index in [0.717, 1.165) is 56.9 Å². The van der Waals surface area contributed by atoms with Gasteiger partial charge in [0.2, 0.25) is 5.91 Å². The number of carbonyl (C=O) groups is 1. The zero-order valence-corrected chi connectivity index (χ0v) is 18.8. The monoisotopic (exact) mass is 425 g/mol. The van der Waals surface area contributed by atoms with Crippen molar-refractivity contribution in [3.8, 4) is 5.75 Å². The maximum Gasteiger partial charge on any atom is 0.225 e. The second-order valence-electron chi connectivity index (χ2n) is 8.00. The van der Waals surface area contributed by atoms with Crippen LogP contribution in [-0.2, 0) is 22.7 Å². The van der Waals surface area contributed by atoms with Crippen molar-refractivity contribution in [1.82, 2.24) is 15.3 Å². The van der Waals surface area contributed by atoms with Crippen molar-refractivity contribution in [3.63, 3.8) is 0 Å². The number of nitrogens with zero attached hydrogens (tertiary/aromatic N) is 2. The Morgan fingerprint density at radius 3 is 2.35 bits per heavy atom. The molecule has 168 valence electrons. The molecule has 0 bridgehead atoms. The lowest BCUT2D eigenvalue weighted by atomic mass is 10.0. The summed E-state index contributed by atoms with van der Waals surface area (Å²) in [6, 6.07) is 18.4. The minimum Gasteiger partial charge on any atom is -0.497 e. The highest BCUT2D eigenvalue weighted by Gasteiger charge is 2.26. The van der Waals surface area contributed by atoms with Crippen LogP contribution in [0.25, 0.3) is 0 Å². The van der Waals surface area contributed by atoms with E-state index in [9.17, 15) is 4.79 Å². The number of piperazine rings is 1. The number of carbonyl (C=O) groups excluding carboxylic acids is 1. The molecule has 1 aliphatic rings. The Bertz CT molecular complexity index is 774. The van der Waals surface area contributed by atoms with Gasteiger partial charge in [0, 0.05) is 45.2 Å². The van der Waals surface area contributed by atoms with Gasteiger partial charge in [0.15, 0.2) is 0 Å². The number of rotatable bonds is 11. The van der Waals surface area contributed by atoms with E-state index in [1.165, 1.54) is 5.56 Å². The highest BCUT2D eigenvalue weighted by atomic mass is 16.6. The summed E-state index contributed by atoms with van der Waals surface area (Å²) in [6.45, 7) is 7.64. The summed E-state index contributed by atoms with van der Waals surface area (Å²) in [5.41, 5.74) is 5.44. The second kappa shape index (κ2) is 12.4. The van der Waals surface area contributed by atoms with Crippen molar-refractivity contribution in [2.75, 3.05) is 39.9 Å². The molecule has 1 atom stereocenters. The standard InChI is InChI=1S/C25H35N3O3/c1-3-23(13-18-31-26-19-21-9-11-24(30-2)12-10-21)25(29)28-16-14-27(15-17-28)20-22-7-5-4-6-8-22/h4-12,23,26H,3,13-20H2,1-2H3. The van der Waals surface area contributed by atoms with Crippen molar-refractivity contribution < 1.29 is 14.4 Å². The molecule has 1 aliphatic heterocycles. The molecule has 0 saturated carbocycles. The lowest BCUT2D eigenvalue weighted by Gasteiger charge is -2.36. The summed E-state index contributed by atoms with van der Waals surface area (Å²) >= 11 is 0. The van der Waals surface area contributed by atoms with E-state index in [4.69, 9.17) is 9.57 Å². The van der Waals surface area contributed by atoms with Crippen molar-refractivity contribution in [1.29, 1.82) is 0 Å². The van der Waals surface area contributed by atoms with E-state index in [2.05, 4.69) is 41.6 Å². The van der Waals surface area contributed by atoms with Gasteiger partial charge >= 0.3 is 0 Å². The van der Waals surface area contributed by atoms with Gasteiger partial charge in [0.1, 0.15) is 5.75 Å². The highest BCUT2D eigenvalue weighted by molar-refractivity contribution is 5.78. The van der Waals surface area contributed by atoms with Gasteiger partial charge < -0.3 is 14.5 Å². The molecular formula is C25H35N3O3. The summed E-state index contributed by atoms with van der Waals surface area (Å²) in [5, 5.41) is 0. The number of ether oxygens (including phenoxy) is 1. The fourth-order valence-corrected chi connectivity index (χ4v) is 3.88. The van der Waals surface area contributed by atoms with Crippen LogP contribution >= 0.6 is 0 Å². The van der Waals surface area contributed by atoms with E-state index in [1.807, 2.05) is 35.2 Å². The Balaban J connectivity index is 1.34. The third kappa shape index (κ3) is 7.35. The summed E-state index contributed by atoms with van der Waals surface area (Å²) in [6.07, 6.45) is 1.57. The van der Waals surface area contributed by atoms with E-state index >= 15 is 0 Å². The first-order chi connectivity index (χ1) is 15.2. The van der Waals surface area contributed by atoms with E-state index in [0.29, 0.717) is 13.2 Å². The molecule has 6 heteroatoms. The lowest BCUT2D eigenvalue weighted by Crippen LogP contribution is -2.50. The molecule has 1 fully saturated rings. The Kier molecular flexibility index (Phi) is 9.34. The quantitative estimate of drug-likeness (QED) is 0.441. The number of benzene rings is 2. The minimum absolute atomic E-state index is 0.0171. The van der Waals surface area contributed by atoms with Crippen LogP contribution in [0.15, 0.2) is 54.6 Å². The summed E-state index contributed by atoms with van der Waals surface area (Å²) < 4.78 is 5.17. The van der Waals surface area contributed by atoms with Crippen molar-refractivity contribution in [2.45, 2.75) is 32.9 Å². The van der Waals surface area contributed by atoms with Crippen LogP contribution < -0.4 is 10.2 Å². The van der Waals surface area contributed by atoms with Crippen molar-refractivity contribution in [3.05, 3.63) is 65.7 Å². The molecule has 2 aromatic carbocycles. The molecule has 0 spiro atoms. The first-order valence-corrected chi connectivity index (χ1v) is 11.2. The van der Waals surface area contributed by atoms with E-state index < -0.39 is 0 Å². The molecule has 1 amide bonds. The number of hydrogen-bond donors (Lipinski definition) is 1. The molecule has 0 radical (unpaired) electrons. The van der Waals surface area contributed by atoms with Gasteiger partial charge in [0.25, 0.3) is 0 Å². The first-order valence-electron chi connectivity index (χ1n) is 11.2. The fourth-order valence-electron chi connectivity index (χ4n) is 3.88. The first kappa shape index (κ1) is 23.3.